The fourth-order valence-corrected chi connectivity index (χ4v) is 1.97. The molecule has 0 aliphatic heterocycles. The number of nitrogens with one attached hydrogen (secondary N) is 1. The molecular weight excluding hydrogens is 242 g/mol. The van der Waals surface area contributed by atoms with Crippen molar-refractivity contribution < 1.29 is 18.3 Å². The summed E-state index contributed by atoms with van der Waals surface area (Å²) < 4.78 is 21.7. The first kappa shape index (κ1) is 13.5. The quantitative estimate of drug-likeness (QED) is 0.829. The standard InChI is InChI=1S/C11H15NO4S/c1-17(15,16)7-3-6-11(14)12-9-4-2-5-10(13)8-9/h2,4-5,8,13H,3,6-7H2,1H3,(H,12,14). The van der Waals surface area contributed by atoms with Gasteiger partial charge in [-0.25, -0.2) is 8.42 Å². The van der Waals surface area contributed by atoms with Crippen LogP contribution in [0.1, 0.15) is 12.8 Å². The molecule has 0 heterocycles. The molecule has 2 N–H and O–H groups in total. The summed E-state index contributed by atoms with van der Waals surface area (Å²) in [5, 5.41) is 11.8. The lowest BCUT2D eigenvalue weighted by Gasteiger charge is -2.05. The van der Waals surface area contributed by atoms with Crippen LogP contribution in [-0.4, -0.2) is 31.4 Å². The molecule has 0 saturated carbocycles. The van der Waals surface area contributed by atoms with Crippen LogP contribution in [0, 0.1) is 0 Å². The number of hydrogen-bond donors (Lipinski definition) is 2. The Labute approximate surface area is 100 Å². The Hall–Kier alpha value is -1.56. The van der Waals surface area contributed by atoms with Crippen molar-refractivity contribution in [1.29, 1.82) is 0 Å². The predicted octanol–water partition coefficient (Wildman–Crippen LogP) is 1.16. The van der Waals surface area contributed by atoms with Crippen LogP contribution in [0.2, 0.25) is 0 Å². The molecule has 0 bridgehead atoms. The van der Waals surface area contributed by atoms with Crippen molar-refractivity contribution in [1.82, 2.24) is 0 Å². The van der Waals surface area contributed by atoms with Crippen molar-refractivity contribution in [3.8, 4) is 5.75 Å². The van der Waals surface area contributed by atoms with Crippen LogP contribution >= 0.6 is 0 Å². The van der Waals surface area contributed by atoms with E-state index in [2.05, 4.69) is 5.32 Å². The normalized spacial score (nSPS) is 11.1. The maximum atomic E-state index is 11.4. The van der Waals surface area contributed by atoms with Crippen LogP contribution in [0.4, 0.5) is 5.69 Å². The Kier molecular flexibility index (Phi) is 4.51. The molecule has 0 fully saturated rings. The minimum Gasteiger partial charge on any atom is -0.508 e. The number of anilines is 1. The number of benzene rings is 1. The summed E-state index contributed by atoms with van der Waals surface area (Å²) in [6.45, 7) is 0. The summed E-state index contributed by atoms with van der Waals surface area (Å²) in [5.41, 5.74) is 0.495. The molecule has 1 aromatic rings. The maximum Gasteiger partial charge on any atom is 0.224 e. The molecule has 0 saturated heterocycles. The van der Waals surface area contributed by atoms with Crippen LogP contribution < -0.4 is 5.32 Å². The Balaban J connectivity index is 2.40. The van der Waals surface area contributed by atoms with Crippen molar-refractivity contribution >= 4 is 21.4 Å². The molecule has 1 aromatic carbocycles. The third-order valence-electron chi connectivity index (χ3n) is 2.05. The van der Waals surface area contributed by atoms with Gasteiger partial charge in [-0.3, -0.25) is 4.79 Å². The van der Waals surface area contributed by atoms with Gasteiger partial charge in [-0.1, -0.05) is 6.07 Å². The summed E-state index contributed by atoms with van der Waals surface area (Å²) in [6.07, 6.45) is 1.58. The van der Waals surface area contributed by atoms with E-state index in [1.807, 2.05) is 0 Å². The zero-order valence-corrected chi connectivity index (χ0v) is 10.3. The maximum absolute atomic E-state index is 11.4. The monoisotopic (exact) mass is 257 g/mol. The Morgan fingerprint density at radius 2 is 2.12 bits per heavy atom. The second kappa shape index (κ2) is 5.67. The fourth-order valence-electron chi connectivity index (χ4n) is 1.30. The van der Waals surface area contributed by atoms with E-state index in [0.29, 0.717) is 12.1 Å². The zero-order valence-electron chi connectivity index (χ0n) is 9.51. The van der Waals surface area contributed by atoms with Gasteiger partial charge in [0, 0.05) is 24.4 Å². The summed E-state index contributed by atoms with van der Waals surface area (Å²) in [4.78, 5) is 11.4. The number of sulfone groups is 1. The van der Waals surface area contributed by atoms with E-state index in [-0.39, 0.29) is 23.8 Å². The third-order valence-corrected chi connectivity index (χ3v) is 3.08. The summed E-state index contributed by atoms with van der Waals surface area (Å²) in [6, 6.07) is 6.18. The molecule has 0 aromatic heterocycles. The first-order chi connectivity index (χ1) is 7.87. The Morgan fingerprint density at radius 1 is 1.41 bits per heavy atom. The van der Waals surface area contributed by atoms with Crippen molar-refractivity contribution in [2.24, 2.45) is 0 Å². The van der Waals surface area contributed by atoms with Gasteiger partial charge in [-0.2, -0.15) is 0 Å². The molecular formula is C11H15NO4S. The fraction of sp³-hybridized carbons (Fsp3) is 0.364. The van der Waals surface area contributed by atoms with E-state index in [1.54, 1.807) is 12.1 Å². The molecule has 1 amide bonds. The minimum atomic E-state index is -3.02. The number of aromatic hydroxyl groups is 1. The lowest BCUT2D eigenvalue weighted by atomic mass is 10.2. The molecule has 0 aliphatic carbocycles. The third kappa shape index (κ3) is 5.91. The molecule has 6 heteroatoms. The van der Waals surface area contributed by atoms with Gasteiger partial charge in [0.15, 0.2) is 0 Å². The van der Waals surface area contributed by atoms with Crippen LogP contribution in [-0.2, 0) is 14.6 Å². The highest BCUT2D eigenvalue weighted by molar-refractivity contribution is 7.90. The van der Waals surface area contributed by atoms with Crippen LogP contribution in [0.15, 0.2) is 24.3 Å². The Morgan fingerprint density at radius 3 is 2.71 bits per heavy atom. The largest absolute Gasteiger partial charge is 0.508 e. The molecule has 1 rings (SSSR count). The van der Waals surface area contributed by atoms with Gasteiger partial charge in [0.2, 0.25) is 5.91 Å². The van der Waals surface area contributed by atoms with Crippen molar-refractivity contribution in [2.45, 2.75) is 12.8 Å². The lowest BCUT2D eigenvalue weighted by molar-refractivity contribution is -0.116. The van der Waals surface area contributed by atoms with E-state index in [1.165, 1.54) is 12.1 Å². The predicted molar refractivity (Wildman–Crippen MR) is 65.7 cm³/mol. The van der Waals surface area contributed by atoms with E-state index >= 15 is 0 Å². The molecule has 0 radical (unpaired) electrons. The van der Waals surface area contributed by atoms with E-state index < -0.39 is 9.84 Å². The number of hydrogen-bond acceptors (Lipinski definition) is 4. The van der Waals surface area contributed by atoms with Gasteiger partial charge in [-0.05, 0) is 18.6 Å². The summed E-state index contributed by atoms with van der Waals surface area (Å²) in [5.74, 6) is -0.196. The van der Waals surface area contributed by atoms with E-state index in [9.17, 15) is 18.3 Å². The smallest absolute Gasteiger partial charge is 0.224 e. The van der Waals surface area contributed by atoms with Crippen molar-refractivity contribution in [3.63, 3.8) is 0 Å². The van der Waals surface area contributed by atoms with Gasteiger partial charge in [-0.15, -0.1) is 0 Å². The SMILES string of the molecule is CS(=O)(=O)CCCC(=O)Nc1cccc(O)c1. The van der Waals surface area contributed by atoms with E-state index in [4.69, 9.17) is 0 Å². The van der Waals surface area contributed by atoms with Gasteiger partial charge in [0.1, 0.15) is 15.6 Å². The molecule has 0 unspecified atom stereocenters. The highest BCUT2D eigenvalue weighted by atomic mass is 32.2. The molecule has 0 atom stereocenters. The highest BCUT2D eigenvalue weighted by Crippen LogP contribution is 2.15. The molecule has 0 spiro atoms. The average Bonchev–Trinajstić information content (AvgIpc) is 2.15. The van der Waals surface area contributed by atoms with Crippen LogP contribution in [0.5, 0.6) is 5.75 Å². The Bertz CT molecular complexity index is 496. The zero-order chi connectivity index (χ0) is 12.9. The second-order valence-electron chi connectivity index (χ2n) is 3.83. The first-order valence-corrected chi connectivity index (χ1v) is 7.19. The van der Waals surface area contributed by atoms with E-state index in [0.717, 1.165) is 6.26 Å². The van der Waals surface area contributed by atoms with Gasteiger partial charge >= 0.3 is 0 Å². The van der Waals surface area contributed by atoms with Crippen LogP contribution in [0.3, 0.4) is 0 Å². The molecule has 94 valence electrons. The number of phenolic OH excluding ortho intramolecular Hbond substituents is 1. The number of carbonyl (C=O) groups is 1. The number of carbonyl (C=O) groups excluding carboxylic acids is 1. The molecule has 0 aliphatic rings. The van der Waals surface area contributed by atoms with Crippen molar-refractivity contribution in [2.75, 3.05) is 17.3 Å². The van der Waals surface area contributed by atoms with Gasteiger partial charge < -0.3 is 10.4 Å². The van der Waals surface area contributed by atoms with Crippen molar-refractivity contribution in [3.05, 3.63) is 24.3 Å². The number of amides is 1. The number of rotatable bonds is 5. The number of phenols is 1. The average molecular weight is 257 g/mol. The summed E-state index contributed by atoms with van der Waals surface area (Å²) >= 11 is 0. The molecule has 17 heavy (non-hydrogen) atoms. The molecule has 5 nitrogen and oxygen atoms in total. The lowest BCUT2D eigenvalue weighted by Crippen LogP contribution is -2.13. The highest BCUT2D eigenvalue weighted by Gasteiger charge is 2.06. The minimum absolute atomic E-state index is 0.000456. The van der Waals surface area contributed by atoms with Gasteiger partial charge in [0.05, 0.1) is 5.75 Å². The summed E-state index contributed by atoms with van der Waals surface area (Å²) in [7, 11) is -3.02. The van der Waals surface area contributed by atoms with Gasteiger partial charge in [0.25, 0.3) is 0 Å². The van der Waals surface area contributed by atoms with Crippen LogP contribution in [0.25, 0.3) is 0 Å². The second-order valence-corrected chi connectivity index (χ2v) is 6.09. The topological polar surface area (TPSA) is 83.5 Å². The first-order valence-electron chi connectivity index (χ1n) is 5.13.